The third-order valence-corrected chi connectivity index (χ3v) is 3.62. The smallest absolute Gasteiger partial charge is 0.337 e. The number of pyridine rings is 2. The van der Waals surface area contributed by atoms with E-state index in [-0.39, 0.29) is 11.3 Å². The quantitative estimate of drug-likeness (QED) is 0.875. The molecule has 2 heterocycles. The van der Waals surface area contributed by atoms with E-state index in [1.54, 1.807) is 0 Å². The van der Waals surface area contributed by atoms with Gasteiger partial charge in [-0.15, -0.1) is 0 Å². The molecule has 0 aromatic carbocycles. The molecule has 0 saturated heterocycles. The minimum Gasteiger partial charge on any atom is -0.478 e. The van der Waals surface area contributed by atoms with Gasteiger partial charge in [0, 0.05) is 12.4 Å². The summed E-state index contributed by atoms with van der Waals surface area (Å²) in [5.74, 6) is -2.14. The summed E-state index contributed by atoms with van der Waals surface area (Å²) in [5.41, 5.74) is -0.489. The van der Waals surface area contributed by atoms with Gasteiger partial charge >= 0.3 is 5.97 Å². The normalized spacial score (nSPS) is 11.1. The van der Waals surface area contributed by atoms with Crippen LogP contribution in [0.3, 0.4) is 0 Å². The Morgan fingerprint density at radius 2 is 2.00 bits per heavy atom. The number of nitrogens with one attached hydrogen (secondary N) is 1. The molecule has 7 nitrogen and oxygen atoms in total. The summed E-state index contributed by atoms with van der Waals surface area (Å²) in [4.78, 5) is 17.6. The summed E-state index contributed by atoms with van der Waals surface area (Å²) in [6.07, 6.45) is 4.06. The van der Waals surface area contributed by atoms with Crippen molar-refractivity contribution >= 4 is 21.7 Å². The third-order valence-electron chi connectivity index (χ3n) is 2.29. The van der Waals surface area contributed by atoms with Crippen molar-refractivity contribution in [2.45, 2.75) is 4.90 Å². The highest BCUT2D eigenvalue weighted by Crippen LogP contribution is 2.19. The summed E-state index contributed by atoms with van der Waals surface area (Å²) in [6.45, 7) is 0. The number of sulfonamides is 1. The minimum atomic E-state index is -4.15. The molecular formula is C11H8FN3O4S. The van der Waals surface area contributed by atoms with E-state index >= 15 is 0 Å². The number of carboxylic acids is 1. The van der Waals surface area contributed by atoms with Crippen molar-refractivity contribution in [3.05, 3.63) is 48.3 Å². The third kappa shape index (κ3) is 2.88. The van der Waals surface area contributed by atoms with Gasteiger partial charge in [-0.3, -0.25) is 14.7 Å². The molecule has 0 aliphatic carbocycles. The second-order valence-electron chi connectivity index (χ2n) is 3.67. The van der Waals surface area contributed by atoms with Gasteiger partial charge in [0.2, 0.25) is 0 Å². The Kier molecular flexibility index (Phi) is 3.61. The average molecular weight is 297 g/mol. The molecule has 0 radical (unpaired) electrons. The largest absolute Gasteiger partial charge is 0.478 e. The fourth-order valence-corrected chi connectivity index (χ4v) is 2.44. The first kappa shape index (κ1) is 13.9. The lowest BCUT2D eigenvalue weighted by Crippen LogP contribution is -2.16. The summed E-state index contributed by atoms with van der Waals surface area (Å²) in [7, 11) is -4.15. The first-order valence-corrected chi connectivity index (χ1v) is 6.69. The van der Waals surface area contributed by atoms with Crippen molar-refractivity contribution < 1.29 is 22.7 Å². The van der Waals surface area contributed by atoms with Gasteiger partial charge in [-0.05, 0) is 12.1 Å². The predicted molar refractivity (Wildman–Crippen MR) is 66.2 cm³/mol. The Balaban J connectivity index is 2.41. The molecule has 0 unspecified atom stereocenters. The van der Waals surface area contributed by atoms with E-state index < -0.39 is 26.7 Å². The highest BCUT2D eigenvalue weighted by Gasteiger charge is 2.19. The van der Waals surface area contributed by atoms with Crippen LogP contribution in [0.15, 0.2) is 41.8 Å². The lowest BCUT2D eigenvalue weighted by molar-refractivity contribution is 0.0698. The van der Waals surface area contributed by atoms with Crippen LogP contribution in [-0.2, 0) is 10.0 Å². The fourth-order valence-electron chi connectivity index (χ4n) is 1.41. The van der Waals surface area contributed by atoms with Crippen molar-refractivity contribution in [3.8, 4) is 0 Å². The summed E-state index contributed by atoms with van der Waals surface area (Å²) >= 11 is 0. The van der Waals surface area contributed by atoms with Crippen LogP contribution < -0.4 is 4.72 Å². The van der Waals surface area contributed by atoms with Gasteiger partial charge in [-0.25, -0.2) is 17.6 Å². The second-order valence-corrected chi connectivity index (χ2v) is 5.35. The molecule has 2 rings (SSSR count). The molecule has 104 valence electrons. The van der Waals surface area contributed by atoms with Gasteiger partial charge in [0.25, 0.3) is 10.0 Å². The van der Waals surface area contributed by atoms with E-state index in [1.165, 1.54) is 6.20 Å². The average Bonchev–Trinajstić information content (AvgIpc) is 2.38. The van der Waals surface area contributed by atoms with Gasteiger partial charge < -0.3 is 5.11 Å². The molecule has 9 heteroatoms. The zero-order valence-electron chi connectivity index (χ0n) is 9.82. The second kappa shape index (κ2) is 5.21. The number of hydrogen-bond donors (Lipinski definition) is 2. The van der Waals surface area contributed by atoms with E-state index in [4.69, 9.17) is 5.11 Å². The van der Waals surface area contributed by atoms with E-state index in [1.807, 2.05) is 4.72 Å². The number of carboxylic acid groups (broad SMARTS) is 1. The predicted octanol–water partition coefficient (Wildman–Crippen LogP) is 1.11. The highest BCUT2D eigenvalue weighted by atomic mass is 32.2. The summed E-state index contributed by atoms with van der Waals surface area (Å²) in [6, 6.07) is 1.91. The summed E-state index contributed by atoms with van der Waals surface area (Å²) < 4.78 is 39.0. The van der Waals surface area contributed by atoms with Crippen LogP contribution in [0.4, 0.5) is 10.1 Å². The Labute approximate surface area is 113 Å². The monoisotopic (exact) mass is 297 g/mol. The SMILES string of the molecule is O=C(O)c1ccncc1NS(=O)(=O)c1cncc(F)c1. The maximum absolute atomic E-state index is 13.0. The number of aromatic carboxylic acids is 1. The zero-order chi connectivity index (χ0) is 14.8. The molecule has 0 atom stereocenters. The van der Waals surface area contributed by atoms with Gasteiger partial charge in [-0.2, -0.15) is 0 Å². The fraction of sp³-hybridized carbons (Fsp3) is 0. The van der Waals surface area contributed by atoms with Crippen LogP contribution in [0.1, 0.15) is 10.4 Å². The molecule has 0 aliphatic rings. The first-order chi connectivity index (χ1) is 9.40. The van der Waals surface area contributed by atoms with Crippen molar-refractivity contribution in [2.24, 2.45) is 0 Å². The molecule has 0 amide bonds. The van der Waals surface area contributed by atoms with Crippen LogP contribution in [0.2, 0.25) is 0 Å². The summed E-state index contributed by atoms with van der Waals surface area (Å²) in [5, 5.41) is 8.94. The molecule has 0 fully saturated rings. The Morgan fingerprint density at radius 3 is 2.65 bits per heavy atom. The maximum atomic E-state index is 13.0. The van der Waals surface area contributed by atoms with E-state index in [0.29, 0.717) is 0 Å². The Morgan fingerprint density at radius 1 is 1.25 bits per heavy atom. The Bertz CT molecular complexity index is 764. The van der Waals surface area contributed by atoms with Crippen molar-refractivity contribution in [3.63, 3.8) is 0 Å². The molecule has 0 aliphatic heterocycles. The number of aromatic nitrogens is 2. The van der Waals surface area contributed by atoms with Gasteiger partial charge in [-0.1, -0.05) is 0 Å². The molecule has 0 bridgehead atoms. The topological polar surface area (TPSA) is 109 Å². The van der Waals surface area contributed by atoms with Crippen LogP contribution in [0.5, 0.6) is 0 Å². The highest BCUT2D eigenvalue weighted by molar-refractivity contribution is 7.92. The molecule has 2 N–H and O–H groups in total. The van der Waals surface area contributed by atoms with E-state index in [2.05, 4.69) is 9.97 Å². The number of rotatable bonds is 4. The van der Waals surface area contributed by atoms with Crippen LogP contribution >= 0.6 is 0 Å². The molecule has 2 aromatic heterocycles. The van der Waals surface area contributed by atoms with E-state index in [9.17, 15) is 17.6 Å². The van der Waals surface area contributed by atoms with Crippen LogP contribution in [-0.4, -0.2) is 29.5 Å². The van der Waals surface area contributed by atoms with Crippen molar-refractivity contribution in [1.29, 1.82) is 0 Å². The number of hydrogen-bond acceptors (Lipinski definition) is 5. The Hall–Kier alpha value is -2.55. The number of anilines is 1. The van der Waals surface area contributed by atoms with Crippen LogP contribution in [0.25, 0.3) is 0 Å². The lowest BCUT2D eigenvalue weighted by atomic mass is 10.2. The minimum absolute atomic E-state index is 0.218. The standard InChI is InChI=1S/C11H8FN3O4S/c12-7-3-8(5-14-4-7)20(18,19)15-10-6-13-2-1-9(10)11(16)17/h1-6,15H,(H,16,17). The number of halogens is 1. The zero-order valence-corrected chi connectivity index (χ0v) is 10.6. The van der Waals surface area contributed by atoms with Gasteiger partial charge in [0.1, 0.15) is 10.7 Å². The van der Waals surface area contributed by atoms with Gasteiger partial charge in [0.15, 0.2) is 0 Å². The van der Waals surface area contributed by atoms with Crippen LogP contribution in [0, 0.1) is 5.82 Å². The first-order valence-electron chi connectivity index (χ1n) is 5.21. The number of carbonyl (C=O) groups is 1. The van der Waals surface area contributed by atoms with E-state index in [0.717, 1.165) is 30.7 Å². The lowest BCUT2D eigenvalue weighted by Gasteiger charge is -2.09. The van der Waals surface area contributed by atoms with Gasteiger partial charge in [0.05, 0.1) is 23.6 Å². The maximum Gasteiger partial charge on any atom is 0.337 e. The number of nitrogens with zero attached hydrogens (tertiary/aromatic N) is 2. The molecule has 2 aromatic rings. The molecule has 20 heavy (non-hydrogen) atoms. The molecule has 0 saturated carbocycles. The molecular weight excluding hydrogens is 289 g/mol. The van der Waals surface area contributed by atoms with Crippen molar-refractivity contribution in [2.75, 3.05) is 4.72 Å². The molecule has 0 spiro atoms. The van der Waals surface area contributed by atoms with Crippen molar-refractivity contribution in [1.82, 2.24) is 9.97 Å².